The van der Waals surface area contributed by atoms with Crippen LogP contribution in [0.3, 0.4) is 0 Å². The molecule has 3 nitrogen and oxygen atoms in total. The molecule has 0 heterocycles. The molecule has 2 aromatic carbocycles. The number of hydrogen-bond donors (Lipinski definition) is 2. The summed E-state index contributed by atoms with van der Waals surface area (Å²) in [7, 11) is 0. The summed E-state index contributed by atoms with van der Waals surface area (Å²) in [6.45, 7) is 0. The van der Waals surface area contributed by atoms with E-state index in [0.29, 0.717) is 11.3 Å². The largest absolute Gasteiger partial charge is 0.478 e. The average Bonchev–Trinajstić information content (AvgIpc) is 2.29. The second-order valence-electron chi connectivity index (χ2n) is 3.63. The van der Waals surface area contributed by atoms with Gasteiger partial charge in [-0.25, -0.2) is 9.18 Å². The van der Waals surface area contributed by atoms with Crippen LogP contribution in [0.1, 0.15) is 10.4 Å². The van der Waals surface area contributed by atoms with Gasteiger partial charge in [-0.1, -0.05) is 12.1 Å². The minimum atomic E-state index is -1.09. The van der Waals surface area contributed by atoms with Crippen molar-refractivity contribution in [3.8, 4) is 11.1 Å². The van der Waals surface area contributed by atoms with Crippen LogP contribution in [0, 0.1) is 5.82 Å². The highest BCUT2D eigenvalue weighted by Gasteiger charge is 2.10. The molecular weight excluding hydrogens is 221 g/mol. The number of hydrogen-bond acceptors (Lipinski definition) is 2. The molecule has 0 fully saturated rings. The summed E-state index contributed by atoms with van der Waals surface area (Å²) in [6, 6.07) is 10.3. The van der Waals surface area contributed by atoms with E-state index >= 15 is 0 Å². The highest BCUT2D eigenvalue weighted by atomic mass is 19.1. The summed E-state index contributed by atoms with van der Waals surface area (Å²) >= 11 is 0. The predicted octanol–water partition coefficient (Wildman–Crippen LogP) is 2.77. The van der Waals surface area contributed by atoms with Crippen LogP contribution in [0.15, 0.2) is 42.5 Å². The first-order valence-electron chi connectivity index (χ1n) is 4.96. The number of nitrogen functional groups attached to an aromatic ring is 1. The molecule has 0 aliphatic rings. The maximum atomic E-state index is 13.6. The smallest absolute Gasteiger partial charge is 0.335 e. The van der Waals surface area contributed by atoms with Gasteiger partial charge in [-0.15, -0.1) is 0 Å². The summed E-state index contributed by atoms with van der Waals surface area (Å²) in [5.41, 5.74) is 6.95. The summed E-state index contributed by atoms with van der Waals surface area (Å²) < 4.78 is 13.6. The fourth-order valence-corrected chi connectivity index (χ4v) is 1.59. The second-order valence-corrected chi connectivity index (χ2v) is 3.63. The van der Waals surface area contributed by atoms with Gasteiger partial charge in [-0.05, 0) is 35.9 Å². The van der Waals surface area contributed by atoms with Crippen LogP contribution in [0.2, 0.25) is 0 Å². The second kappa shape index (κ2) is 4.25. The van der Waals surface area contributed by atoms with Crippen LogP contribution in [0.25, 0.3) is 11.1 Å². The molecule has 0 atom stereocenters. The fraction of sp³-hybridized carbons (Fsp3) is 0. The number of benzene rings is 2. The summed E-state index contributed by atoms with van der Waals surface area (Å²) in [5.74, 6) is -1.56. The van der Waals surface area contributed by atoms with Crippen molar-refractivity contribution < 1.29 is 14.3 Å². The average molecular weight is 231 g/mol. The molecule has 4 heteroatoms. The number of anilines is 1. The molecule has 17 heavy (non-hydrogen) atoms. The number of carbonyl (C=O) groups is 1. The van der Waals surface area contributed by atoms with E-state index in [1.807, 2.05) is 0 Å². The van der Waals surface area contributed by atoms with Gasteiger partial charge in [-0.3, -0.25) is 0 Å². The topological polar surface area (TPSA) is 63.3 Å². The first-order valence-corrected chi connectivity index (χ1v) is 4.96. The van der Waals surface area contributed by atoms with Gasteiger partial charge >= 0.3 is 5.97 Å². The molecule has 0 aromatic heterocycles. The van der Waals surface area contributed by atoms with Crippen molar-refractivity contribution in [1.29, 1.82) is 0 Å². The van der Waals surface area contributed by atoms with Crippen molar-refractivity contribution in [1.82, 2.24) is 0 Å². The van der Waals surface area contributed by atoms with E-state index in [1.165, 1.54) is 12.1 Å². The van der Waals surface area contributed by atoms with Gasteiger partial charge in [0.25, 0.3) is 0 Å². The van der Waals surface area contributed by atoms with Crippen LogP contribution in [-0.2, 0) is 0 Å². The number of halogens is 1. The quantitative estimate of drug-likeness (QED) is 0.781. The molecule has 0 radical (unpaired) electrons. The zero-order valence-electron chi connectivity index (χ0n) is 8.85. The van der Waals surface area contributed by atoms with Gasteiger partial charge in [0, 0.05) is 11.3 Å². The molecule has 0 bridgehead atoms. The van der Waals surface area contributed by atoms with E-state index in [9.17, 15) is 9.18 Å². The lowest BCUT2D eigenvalue weighted by atomic mass is 10.0. The Morgan fingerprint density at radius 2 is 1.94 bits per heavy atom. The first-order chi connectivity index (χ1) is 8.08. The van der Waals surface area contributed by atoms with E-state index in [2.05, 4.69) is 0 Å². The highest BCUT2D eigenvalue weighted by Crippen LogP contribution is 2.25. The molecule has 0 spiro atoms. The lowest BCUT2D eigenvalue weighted by Crippen LogP contribution is -1.97. The Labute approximate surface area is 97.3 Å². The Morgan fingerprint density at radius 3 is 2.59 bits per heavy atom. The summed E-state index contributed by atoms with van der Waals surface area (Å²) in [4.78, 5) is 10.8. The number of aromatic carboxylic acids is 1. The van der Waals surface area contributed by atoms with Crippen molar-refractivity contribution in [3.63, 3.8) is 0 Å². The third kappa shape index (κ3) is 2.25. The lowest BCUT2D eigenvalue weighted by molar-refractivity contribution is 0.0697. The van der Waals surface area contributed by atoms with Gasteiger partial charge in [-0.2, -0.15) is 0 Å². The predicted molar refractivity (Wildman–Crippen MR) is 63.2 cm³/mol. The zero-order valence-corrected chi connectivity index (χ0v) is 8.85. The van der Waals surface area contributed by atoms with Crippen molar-refractivity contribution in [2.75, 3.05) is 5.73 Å². The van der Waals surface area contributed by atoms with E-state index in [-0.39, 0.29) is 11.1 Å². The van der Waals surface area contributed by atoms with Gasteiger partial charge in [0.1, 0.15) is 5.82 Å². The molecular formula is C13H10FNO2. The number of rotatable bonds is 2. The SMILES string of the molecule is Nc1cccc(-c2cc(C(=O)O)ccc2F)c1. The van der Waals surface area contributed by atoms with Crippen molar-refractivity contribution in [2.45, 2.75) is 0 Å². The van der Waals surface area contributed by atoms with Crippen LogP contribution in [-0.4, -0.2) is 11.1 Å². The molecule has 2 aromatic rings. The van der Waals surface area contributed by atoms with E-state index in [0.717, 1.165) is 6.07 Å². The van der Waals surface area contributed by atoms with E-state index in [1.54, 1.807) is 24.3 Å². The van der Waals surface area contributed by atoms with Crippen LogP contribution < -0.4 is 5.73 Å². The molecule has 0 aliphatic carbocycles. The highest BCUT2D eigenvalue weighted by molar-refractivity contribution is 5.89. The minimum absolute atomic E-state index is 0.0452. The van der Waals surface area contributed by atoms with Gasteiger partial charge < -0.3 is 10.8 Å². The molecule has 0 saturated carbocycles. The zero-order chi connectivity index (χ0) is 12.4. The molecule has 3 N–H and O–H groups in total. The molecule has 0 saturated heterocycles. The van der Waals surface area contributed by atoms with Crippen molar-refractivity contribution >= 4 is 11.7 Å². The number of nitrogens with two attached hydrogens (primary N) is 1. The fourth-order valence-electron chi connectivity index (χ4n) is 1.59. The number of carboxylic acids is 1. The first kappa shape index (κ1) is 11.1. The Balaban J connectivity index is 2.58. The molecule has 0 unspecified atom stereocenters. The Hall–Kier alpha value is -2.36. The maximum Gasteiger partial charge on any atom is 0.335 e. The Bertz CT molecular complexity index is 581. The molecule has 2 rings (SSSR count). The lowest BCUT2D eigenvalue weighted by Gasteiger charge is -2.05. The van der Waals surface area contributed by atoms with Crippen LogP contribution >= 0.6 is 0 Å². The summed E-state index contributed by atoms with van der Waals surface area (Å²) in [6.07, 6.45) is 0. The standard InChI is InChI=1S/C13H10FNO2/c14-12-5-4-9(13(16)17)7-11(12)8-2-1-3-10(15)6-8/h1-7H,15H2,(H,16,17). The molecule has 0 aliphatic heterocycles. The van der Waals surface area contributed by atoms with Gasteiger partial charge in [0.2, 0.25) is 0 Å². The van der Waals surface area contributed by atoms with Crippen molar-refractivity contribution in [3.05, 3.63) is 53.8 Å². The van der Waals surface area contributed by atoms with Gasteiger partial charge in [0.05, 0.1) is 5.56 Å². The van der Waals surface area contributed by atoms with E-state index in [4.69, 9.17) is 10.8 Å². The van der Waals surface area contributed by atoms with Crippen LogP contribution in [0.5, 0.6) is 0 Å². The summed E-state index contributed by atoms with van der Waals surface area (Å²) in [5, 5.41) is 8.85. The monoisotopic (exact) mass is 231 g/mol. The molecule has 0 amide bonds. The molecule has 86 valence electrons. The van der Waals surface area contributed by atoms with E-state index < -0.39 is 11.8 Å². The maximum absolute atomic E-state index is 13.6. The third-order valence-corrected chi connectivity index (χ3v) is 2.41. The number of carboxylic acid groups (broad SMARTS) is 1. The minimum Gasteiger partial charge on any atom is -0.478 e. The van der Waals surface area contributed by atoms with Gasteiger partial charge in [0.15, 0.2) is 0 Å². The van der Waals surface area contributed by atoms with Crippen molar-refractivity contribution in [2.24, 2.45) is 0 Å². The Kier molecular flexibility index (Phi) is 2.78. The van der Waals surface area contributed by atoms with Crippen LogP contribution in [0.4, 0.5) is 10.1 Å². The normalized spacial score (nSPS) is 10.2. The third-order valence-electron chi connectivity index (χ3n) is 2.41. The Morgan fingerprint density at radius 1 is 1.18 bits per heavy atom.